The summed E-state index contributed by atoms with van der Waals surface area (Å²) >= 11 is 0. The number of fused-ring (bicyclic) bond motifs is 1. The van der Waals surface area contributed by atoms with Gasteiger partial charge in [-0.2, -0.15) is 18.4 Å². The summed E-state index contributed by atoms with van der Waals surface area (Å²) in [5, 5.41) is 11.7. The number of carbonyl (C=O) groups is 1. The van der Waals surface area contributed by atoms with Crippen molar-refractivity contribution in [2.24, 2.45) is 5.92 Å². The molecule has 0 aliphatic heterocycles. The minimum absolute atomic E-state index is 0.0367. The zero-order chi connectivity index (χ0) is 18.7. The van der Waals surface area contributed by atoms with E-state index in [1.54, 1.807) is 24.3 Å². The molecule has 1 aliphatic rings. The van der Waals surface area contributed by atoms with E-state index < -0.39 is 18.0 Å². The number of nitriles is 1. The second-order valence-electron chi connectivity index (χ2n) is 6.18. The van der Waals surface area contributed by atoms with E-state index in [4.69, 9.17) is 5.26 Å². The predicted molar refractivity (Wildman–Crippen MR) is 91.1 cm³/mol. The minimum Gasteiger partial charge on any atom is -0.339 e. The van der Waals surface area contributed by atoms with Gasteiger partial charge < -0.3 is 5.32 Å². The maximum absolute atomic E-state index is 12.9. The van der Waals surface area contributed by atoms with E-state index in [2.05, 4.69) is 10.3 Å². The van der Waals surface area contributed by atoms with Crippen LogP contribution in [0.4, 0.5) is 13.2 Å². The number of carbonyl (C=O) groups excluding carboxylic acids is 1. The number of rotatable bonds is 3. The normalized spacial score (nSPS) is 17.5. The molecule has 0 radical (unpaired) electrons. The molecule has 0 fully saturated rings. The van der Waals surface area contributed by atoms with Gasteiger partial charge >= 0.3 is 6.18 Å². The van der Waals surface area contributed by atoms with Crippen molar-refractivity contribution in [3.05, 3.63) is 47.7 Å². The fourth-order valence-corrected chi connectivity index (χ4v) is 3.15. The zero-order valence-electron chi connectivity index (χ0n) is 13.8. The number of nitrogens with zero attached hydrogens (tertiary/aromatic N) is 2. The summed E-state index contributed by atoms with van der Waals surface area (Å²) in [5.74, 6) is -1.71. The van der Waals surface area contributed by atoms with Crippen molar-refractivity contribution >= 4 is 22.4 Å². The van der Waals surface area contributed by atoms with Crippen LogP contribution >= 0.6 is 0 Å². The molecule has 1 aromatic carbocycles. The van der Waals surface area contributed by atoms with Gasteiger partial charge in [-0.05, 0) is 42.5 Å². The maximum Gasteiger partial charge on any atom is 0.392 e. The van der Waals surface area contributed by atoms with Crippen LogP contribution in [-0.2, 0) is 0 Å². The van der Waals surface area contributed by atoms with Crippen molar-refractivity contribution in [2.75, 3.05) is 6.54 Å². The first kappa shape index (κ1) is 17.9. The van der Waals surface area contributed by atoms with Crippen LogP contribution in [0.15, 0.2) is 36.5 Å². The summed E-state index contributed by atoms with van der Waals surface area (Å²) in [6.45, 7) is -0.109. The first-order valence-corrected chi connectivity index (χ1v) is 8.20. The maximum atomic E-state index is 12.9. The van der Waals surface area contributed by atoms with Crippen LogP contribution in [0.25, 0.3) is 16.5 Å². The number of aromatic nitrogens is 1. The van der Waals surface area contributed by atoms with E-state index in [0.717, 1.165) is 11.1 Å². The standard InChI is InChI=1S/C19H16F3N3O/c20-19(21,22)14-6-4-12(5-7-14)15-2-1-3-17-16(15)10-13(11-25-17)18(26)24-9-8-23/h1-4,10-11,14H,5-7,9H2,(H,24,26). The molecule has 4 nitrogen and oxygen atoms in total. The predicted octanol–water partition coefficient (Wildman–Crippen LogP) is 4.23. The van der Waals surface area contributed by atoms with Gasteiger partial charge in [0.05, 0.1) is 23.1 Å². The number of pyridine rings is 1. The molecule has 1 N–H and O–H groups in total. The van der Waals surface area contributed by atoms with Crippen molar-refractivity contribution in [3.8, 4) is 6.07 Å². The zero-order valence-corrected chi connectivity index (χ0v) is 13.8. The average molecular weight is 359 g/mol. The fourth-order valence-electron chi connectivity index (χ4n) is 3.15. The Bertz CT molecular complexity index is 912. The van der Waals surface area contributed by atoms with Crippen LogP contribution in [0.2, 0.25) is 0 Å². The van der Waals surface area contributed by atoms with Crippen molar-refractivity contribution in [3.63, 3.8) is 0 Å². The average Bonchev–Trinajstić information content (AvgIpc) is 2.64. The highest BCUT2D eigenvalue weighted by Gasteiger charge is 2.39. The summed E-state index contributed by atoms with van der Waals surface area (Å²) in [6.07, 6.45) is -0.762. The molecule has 1 unspecified atom stereocenters. The Kier molecular flexibility index (Phi) is 4.94. The molecule has 2 aromatic rings. The lowest BCUT2D eigenvalue weighted by atomic mass is 9.85. The van der Waals surface area contributed by atoms with Crippen LogP contribution in [-0.4, -0.2) is 23.6 Å². The van der Waals surface area contributed by atoms with Crippen molar-refractivity contribution in [1.29, 1.82) is 5.26 Å². The molecule has 1 aromatic heterocycles. The second kappa shape index (κ2) is 7.16. The SMILES string of the molecule is N#CCNC(=O)c1cnc2cccc(C3=CCC(C(F)(F)F)CC3)c2c1. The molecule has 1 heterocycles. The lowest BCUT2D eigenvalue weighted by molar-refractivity contribution is -0.175. The van der Waals surface area contributed by atoms with Gasteiger partial charge in [-0.25, -0.2) is 0 Å². The van der Waals surface area contributed by atoms with E-state index in [1.165, 1.54) is 6.20 Å². The Labute approximate surface area is 148 Å². The van der Waals surface area contributed by atoms with Crippen LogP contribution in [0.3, 0.4) is 0 Å². The summed E-state index contributed by atoms with van der Waals surface area (Å²) in [4.78, 5) is 16.3. The quantitative estimate of drug-likeness (QED) is 0.834. The van der Waals surface area contributed by atoms with E-state index in [9.17, 15) is 18.0 Å². The Morgan fingerprint density at radius 2 is 2.19 bits per heavy atom. The molecule has 0 spiro atoms. The molecule has 1 amide bonds. The van der Waals surface area contributed by atoms with E-state index in [0.29, 0.717) is 22.9 Å². The number of hydrogen-bond acceptors (Lipinski definition) is 3. The largest absolute Gasteiger partial charge is 0.392 e. The van der Waals surface area contributed by atoms with Crippen molar-refractivity contribution in [1.82, 2.24) is 10.3 Å². The van der Waals surface area contributed by atoms with Gasteiger partial charge in [0, 0.05) is 11.6 Å². The fraction of sp³-hybridized carbons (Fsp3) is 0.316. The highest BCUT2D eigenvalue weighted by molar-refractivity contribution is 6.00. The van der Waals surface area contributed by atoms with Crippen LogP contribution < -0.4 is 5.32 Å². The Balaban J connectivity index is 1.95. The summed E-state index contributed by atoms with van der Waals surface area (Å²) in [7, 11) is 0. The number of halogens is 3. The minimum atomic E-state index is -4.17. The first-order valence-electron chi connectivity index (χ1n) is 8.20. The Hall–Kier alpha value is -2.88. The molecule has 134 valence electrons. The number of benzene rings is 1. The van der Waals surface area contributed by atoms with Crippen LogP contribution in [0.1, 0.15) is 35.2 Å². The first-order chi connectivity index (χ1) is 12.4. The molecule has 7 heteroatoms. The lowest BCUT2D eigenvalue weighted by Crippen LogP contribution is -2.24. The van der Waals surface area contributed by atoms with E-state index in [1.807, 2.05) is 12.1 Å². The van der Waals surface area contributed by atoms with E-state index >= 15 is 0 Å². The number of allylic oxidation sites excluding steroid dienone is 2. The third kappa shape index (κ3) is 3.69. The van der Waals surface area contributed by atoms with Gasteiger partial charge in [0.1, 0.15) is 6.54 Å². The summed E-state index contributed by atoms with van der Waals surface area (Å²) in [5.41, 5.74) is 2.61. The van der Waals surface area contributed by atoms with Gasteiger partial charge in [0.2, 0.25) is 0 Å². The van der Waals surface area contributed by atoms with Crippen LogP contribution in [0.5, 0.6) is 0 Å². The lowest BCUT2D eigenvalue weighted by Gasteiger charge is -2.24. The topological polar surface area (TPSA) is 65.8 Å². The molecular weight excluding hydrogens is 343 g/mol. The molecule has 1 atom stereocenters. The number of hydrogen-bond donors (Lipinski definition) is 1. The second-order valence-corrected chi connectivity index (χ2v) is 6.18. The summed E-state index contributed by atoms with van der Waals surface area (Å²) < 4.78 is 38.6. The van der Waals surface area contributed by atoms with Gasteiger partial charge in [-0.15, -0.1) is 0 Å². The van der Waals surface area contributed by atoms with Crippen molar-refractivity contribution < 1.29 is 18.0 Å². The number of nitrogens with one attached hydrogen (secondary N) is 1. The Morgan fingerprint density at radius 3 is 2.85 bits per heavy atom. The summed E-state index contributed by atoms with van der Waals surface area (Å²) in [6, 6.07) is 8.93. The molecule has 26 heavy (non-hydrogen) atoms. The van der Waals surface area contributed by atoms with E-state index in [-0.39, 0.29) is 19.4 Å². The van der Waals surface area contributed by atoms with Gasteiger partial charge in [-0.1, -0.05) is 18.2 Å². The van der Waals surface area contributed by atoms with Crippen molar-refractivity contribution in [2.45, 2.75) is 25.4 Å². The molecular formula is C19H16F3N3O. The molecule has 0 saturated heterocycles. The third-order valence-electron chi connectivity index (χ3n) is 4.54. The highest BCUT2D eigenvalue weighted by Crippen LogP contribution is 2.40. The monoisotopic (exact) mass is 359 g/mol. The highest BCUT2D eigenvalue weighted by atomic mass is 19.4. The number of amides is 1. The molecule has 1 aliphatic carbocycles. The molecule has 0 bridgehead atoms. The Morgan fingerprint density at radius 1 is 1.38 bits per heavy atom. The smallest absolute Gasteiger partial charge is 0.339 e. The van der Waals surface area contributed by atoms with Gasteiger partial charge in [0.25, 0.3) is 5.91 Å². The molecule has 3 rings (SSSR count). The van der Waals surface area contributed by atoms with Gasteiger partial charge in [0.15, 0.2) is 0 Å². The van der Waals surface area contributed by atoms with Crippen LogP contribution in [0, 0.1) is 17.2 Å². The molecule has 0 saturated carbocycles. The number of alkyl halides is 3. The third-order valence-corrected chi connectivity index (χ3v) is 4.54. The van der Waals surface area contributed by atoms with Gasteiger partial charge in [-0.3, -0.25) is 9.78 Å².